The lowest BCUT2D eigenvalue weighted by atomic mass is 9.92. The summed E-state index contributed by atoms with van der Waals surface area (Å²) >= 11 is 0. The van der Waals surface area contributed by atoms with Crippen molar-refractivity contribution in [2.45, 2.75) is 77.7 Å². The van der Waals surface area contributed by atoms with E-state index in [0.717, 1.165) is 19.4 Å². The largest absolute Gasteiger partial charge is 0.378 e. The molecule has 0 unspecified atom stereocenters. The molecule has 0 aliphatic heterocycles. The standard InChI is InChI=1S/C17H38N2O2/c1-5-7-9-11-17(3,12-10-8-6-2)21-16-15-20-14-13-19(4)18/h5-16,18H2,1-4H3. The monoisotopic (exact) mass is 302 g/mol. The molecule has 0 aromatic rings. The number of rotatable bonds is 15. The zero-order chi connectivity index (χ0) is 16.0. The minimum Gasteiger partial charge on any atom is -0.378 e. The first-order chi connectivity index (χ1) is 10.0. The van der Waals surface area contributed by atoms with Gasteiger partial charge in [-0.1, -0.05) is 52.4 Å². The number of hydrogen-bond donors (Lipinski definition) is 1. The molecule has 128 valence electrons. The second kappa shape index (κ2) is 13.5. The summed E-state index contributed by atoms with van der Waals surface area (Å²) in [6.07, 6.45) is 9.97. The molecule has 0 fully saturated rings. The smallest absolute Gasteiger partial charge is 0.0707 e. The van der Waals surface area contributed by atoms with Crippen LogP contribution in [0.5, 0.6) is 0 Å². The number of nitrogens with zero attached hydrogens (tertiary/aromatic N) is 1. The van der Waals surface area contributed by atoms with Crippen LogP contribution >= 0.6 is 0 Å². The molecule has 21 heavy (non-hydrogen) atoms. The summed E-state index contributed by atoms with van der Waals surface area (Å²) in [6, 6.07) is 0. The highest BCUT2D eigenvalue weighted by atomic mass is 16.5. The minimum absolute atomic E-state index is 0.0261. The maximum absolute atomic E-state index is 6.16. The Kier molecular flexibility index (Phi) is 13.4. The lowest BCUT2D eigenvalue weighted by Gasteiger charge is -2.30. The Balaban J connectivity index is 3.90. The molecule has 0 aromatic carbocycles. The molecule has 4 heteroatoms. The van der Waals surface area contributed by atoms with Gasteiger partial charge in [0.2, 0.25) is 0 Å². The van der Waals surface area contributed by atoms with Crippen LogP contribution in [0, 0.1) is 0 Å². The van der Waals surface area contributed by atoms with Crippen molar-refractivity contribution >= 4 is 0 Å². The van der Waals surface area contributed by atoms with E-state index in [1.165, 1.54) is 38.5 Å². The van der Waals surface area contributed by atoms with Crippen LogP contribution in [0.2, 0.25) is 0 Å². The van der Waals surface area contributed by atoms with Gasteiger partial charge >= 0.3 is 0 Å². The molecular formula is C17H38N2O2. The van der Waals surface area contributed by atoms with E-state index in [9.17, 15) is 0 Å². The normalized spacial score (nSPS) is 12.3. The van der Waals surface area contributed by atoms with E-state index in [2.05, 4.69) is 20.8 Å². The van der Waals surface area contributed by atoms with E-state index in [1.54, 1.807) is 5.01 Å². The SMILES string of the molecule is CCCCCC(C)(CCCCC)OCCOCCN(C)N. The van der Waals surface area contributed by atoms with E-state index in [0.29, 0.717) is 19.8 Å². The Hall–Kier alpha value is -0.160. The highest BCUT2D eigenvalue weighted by Gasteiger charge is 2.23. The van der Waals surface area contributed by atoms with Gasteiger partial charge in [0, 0.05) is 13.6 Å². The third-order valence-electron chi connectivity index (χ3n) is 3.88. The van der Waals surface area contributed by atoms with Gasteiger partial charge in [0.1, 0.15) is 0 Å². The predicted molar refractivity (Wildman–Crippen MR) is 90.3 cm³/mol. The summed E-state index contributed by atoms with van der Waals surface area (Å²) in [5.41, 5.74) is 0.0261. The number of ether oxygens (including phenoxy) is 2. The van der Waals surface area contributed by atoms with E-state index in [-0.39, 0.29) is 5.60 Å². The molecular weight excluding hydrogens is 264 g/mol. The second-order valence-electron chi connectivity index (χ2n) is 6.31. The van der Waals surface area contributed by atoms with Crippen molar-refractivity contribution < 1.29 is 9.47 Å². The summed E-state index contributed by atoms with van der Waals surface area (Å²) in [6.45, 7) is 9.53. The fourth-order valence-corrected chi connectivity index (χ4v) is 2.42. The molecule has 0 bridgehead atoms. The quantitative estimate of drug-likeness (QED) is 0.284. The van der Waals surface area contributed by atoms with E-state index < -0.39 is 0 Å². The van der Waals surface area contributed by atoms with Crippen molar-refractivity contribution in [1.29, 1.82) is 0 Å². The molecule has 0 heterocycles. The minimum atomic E-state index is 0.0261. The molecule has 0 saturated heterocycles. The van der Waals surface area contributed by atoms with E-state index in [4.69, 9.17) is 15.3 Å². The summed E-state index contributed by atoms with van der Waals surface area (Å²) in [7, 11) is 1.85. The summed E-state index contributed by atoms with van der Waals surface area (Å²) in [5.74, 6) is 5.53. The van der Waals surface area contributed by atoms with Crippen LogP contribution in [0.3, 0.4) is 0 Å². The maximum atomic E-state index is 6.16. The van der Waals surface area contributed by atoms with Crippen LogP contribution in [0.25, 0.3) is 0 Å². The van der Waals surface area contributed by atoms with E-state index in [1.807, 2.05) is 7.05 Å². The fourth-order valence-electron chi connectivity index (χ4n) is 2.42. The third-order valence-corrected chi connectivity index (χ3v) is 3.88. The van der Waals surface area contributed by atoms with Gasteiger partial charge in [-0.2, -0.15) is 0 Å². The van der Waals surface area contributed by atoms with Gasteiger partial charge in [-0.3, -0.25) is 5.84 Å². The molecule has 0 spiro atoms. The Morgan fingerprint density at radius 1 is 0.905 bits per heavy atom. The number of likely N-dealkylation sites (N-methyl/N-ethyl adjacent to an activating group) is 1. The molecule has 0 aliphatic rings. The third kappa shape index (κ3) is 13.2. The van der Waals surface area contributed by atoms with Gasteiger partial charge in [-0.15, -0.1) is 0 Å². The highest BCUT2D eigenvalue weighted by molar-refractivity contribution is 4.75. The van der Waals surface area contributed by atoms with Gasteiger partial charge in [0.25, 0.3) is 0 Å². The number of hydrazine groups is 1. The van der Waals surface area contributed by atoms with Gasteiger partial charge in [0.05, 0.1) is 25.4 Å². The molecule has 4 nitrogen and oxygen atoms in total. The van der Waals surface area contributed by atoms with Gasteiger partial charge < -0.3 is 9.47 Å². The molecule has 0 aliphatic carbocycles. The molecule has 0 radical (unpaired) electrons. The van der Waals surface area contributed by atoms with Crippen molar-refractivity contribution in [3.8, 4) is 0 Å². The zero-order valence-corrected chi connectivity index (χ0v) is 14.8. The van der Waals surface area contributed by atoms with Gasteiger partial charge in [-0.25, -0.2) is 5.01 Å². The molecule has 0 aromatic heterocycles. The highest BCUT2D eigenvalue weighted by Crippen LogP contribution is 2.26. The molecule has 0 atom stereocenters. The van der Waals surface area contributed by atoms with Crippen LogP contribution in [0.1, 0.15) is 72.1 Å². The van der Waals surface area contributed by atoms with Crippen LogP contribution in [0.4, 0.5) is 0 Å². The van der Waals surface area contributed by atoms with Gasteiger partial charge in [0.15, 0.2) is 0 Å². The Morgan fingerprint density at radius 3 is 1.95 bits per heavy atom. The Morgan fingerprint density at radius 2 is 1.48 bits per heavy atom. The molecule has 0 rings (SSSR count). The van der Waals surface area contributed by atoms with Crippen molar-refractivity contribution in [3.63, 3.8) is 0 Å². The van der Waals surface area contributed by atoms with Crippen LogP contribution in [-0.2, 0) is 9.47 Å². The predicted octanol–water partition coefficient (Wildman–Crippen LogP) is 3.74. The number of unbranched alkanes of at least 4 members (excludes halogenated alkanes) is 4. The first kappa shape index (κ1) is 20.8. The Labute approximate surface area is 132 Å². The van der Waals surface area contributed by atoms with Crippen molar-refractivity contribution in [1.82, 2.24) is 5.01 Å². The second-order valence-corrected chi connectivity index (χ2v) is 6.31. The number of nitrogens with two attached hydrogens (primary N) is 1. The topological polar surface area (TPSA) is 47.7 Å². The van der Waals surface area contributed by atoms with Crippen molar-refractivity contribution in [2.75, 3.05) is 33.4 Å². The maximum Gasteiger partial charge on any atom is 0.0707 e. The average Bonchev–Trinajstić information content (AvgIpc) is 2.43. The van der Waals surface area contributed by atoms with Gasteiger partial charge in [-0.05, 0) is 19.8 Å². The average molecular weight is 303 g/mol. The molecule has 0 saturated carbocycles. The summed E-state index contributed by atoms with van der Waals surface area (Å²) in [4.78, 5) is 0. The van der Waals surface area contributed by atoms with E-state index >= 15 is 0 Å². The molecule has 0 amide bonds. The first-order valence-corrected chi connectivity index (χ1v) is 8.71. The molecule has 2 N–H and O–H groups in total. The van der Waals surface area contributed by atoms with Crippen LogP contribution in [0.15, 0.2) is 0 Å². The summed E-state index contributed by atoms with van der Waals surface area (Å²) < 4.78 is 11.7. The first-order valence-electron chi connectivity index (χ1n) is 8.71. The zero-order valence-electron chi connectivity index (χ0n) is 14.8. The lowest BCUT2D eigenvalue weighted by molar-refractivity contribution is -0.0692. The van der Waals surface area contributed by atoms with Crippen molar-refractivity contribution in [3.05, 3.63) is 0 Å². The van der Waals surface area contributed by atoms with Crippen molar-refractivity contribution in [2.24, 2.45) is 5.84 Å². The number of hydrogen-bond acceptors (Lipinski definition) is 4. The van der Waals surface area contributed by atoms with Crippen LogP contribution in [-0.4, -0.2) is 44.0 Å². The lowest BCUT2D eigenvalue weighted by Crippen LogP contribution is -2.32. The van der Waals surface area contributed by atoms with Crippen LogP contribution < -0.4 is 5.84 Å². The Bertz CT molecular complexity index is 213. The summed E-state index contributed by atoms with van der Waals surface area (Å²) in [5, 5.41) is 1.64. The fraction of sp³-hybridized carbons (Fsp3) is 1.00.